The molecule has 2 aromatic rings. The first-order chi connectivity index (χ1) is 10.2. The Morgan fingerprint density at radius 3 is 2.76 bits per heavy atom. The van der Waals surface area contributed by atoms with E-state index in [9.17, 15) is 5.11 Å². The van der Waals surface area contributed by atoms with Crippen LogP contribution in [0.4, 0.5) is 0 Å². The molecule has 1 atom stereocenters. The van der Waals surface area contributed by atoms with Gasteiger partial charge in [0.25, 0.3) is 0 Å². The highest BCUT2D eigenvalue weighted by atomic mass is 16.5. The zero-order chi connectivity index (χ0) is 15.1. The maximum Gasteiger partial charge on any atom is 0.124 e. The zero-order valence-electron chi connectivity index (χ0n) is 12.1. The van der Waals surface area contributed by atoms with E-state index in [1.807, 2.05) is 12.1 Å². The number of methoxy groups -OCH3 is 2. The molecule has 112 valence electrons. The molecule has 0 aliphatic carbocycles. The fraction of sp³-hybridized carbons (Fsp3) is 0.333. The number of hydrogen-bond acceptors (Lipinski definition) is 6. The highest BCUT2D eigenvalue weighted by Gasteiger charge is 2.14. The Balaban J connectivity index is 1.97. The van der Waals surface area contributed by atoms with E-state index < -0.39 is 6.10 Å². The van der Waals surface area contributed by atoms with Crippen molar-refractivity contribution in [2.45, 2.75) is 12.6 Å². The quantitative estimate of drug-likeness (QED) is 0.800. The van der Waals surface area contributed by atoms with Gasteiger partial charge in [0.1, 0.15) is 11.5 Å². The van der Waals surface area contributed by atoms with Crippen molar-refractivity contribution in [3.63, 3.8) is 0 Å². The van der Waals surface area contributed by atoms with Gasteiger partial charge in [-0.2, -0.15) is 10.2 Å². The van der Waals surface area contributed by atoms with Gasteiger partial charge in [0.05, 0.1) is 26.0 Å². The highest BCUT2D eigenvalue weighted by molar-refractivity contribution is 5.41. The topological polar surface area (TPSA) is 76.5 Å². The van der Waals surface area contributed by atoms with E-state index in [0.717, 1.165) is 5.69 Å². The molecule has 0 aliphatic rings. The molecule has 6 heteroatoms. The van der Waals surface area contributed by atoms with Gasteiger partial charge in [0, 0.05) is 24.8 Å². The minimum atomic E-state index is -0.702. The third kappa shape index (κ3) is 4.14. The van der Waals surface area contributed by atoms with Crippen LogP contribution in [0.5, 0.6) is 11.5 Å². The zero-order valence-corrected chi connectivity index (χ0v) is 12.1. The molecule has 0 radical (unpaired) electrons. The third-order valence-corrected chi connectivity index (χ3v) is 3.07. The van der Waals surface area contributed by atoms with E-state index in [0.29, 0.717) is 30.2 Å². The molecule has 1 aromatic carbocycles. The summed E-state index contributed by atoms with van der Waals surface area (Å²) < 4.78 is 10.4. The second-order valence-corrected chi connectivity index (χ2v) is 4.47. The van der Waals surface area contributed by atoms with Crippen molar-refractivity contribution < 1.29 is 14.6 Å². The maximum absolute atomic E-state index is 10.3. The van der Waals surface area contributed by atoms with E-state index in [2.05, 4.69) is 15.5 Å². The van der Waals surface area contributed by atoms with Crippen LogP contribution < -0.4 is 14.8 Å². The van der Waals surface area contributed by atoms with Crippen molar-refractivity contribution in [2.24, 2.45) is 0 Å². The third-order valence-electron chi connectivity index (χ3n) is 3.07. The number of ether oxygens (including phenoxy) is 2. The Labute approximate surface area is 123 Å². The van der Waals surface area contributed by atoms with Gasteiger partial charge in [-0.25, -0.2) is 0 Å². The van der Waals surface area contributed by atoms with E-state index in [4.69, 9.17) is 9.47 Å². The molecule has 1 unspecified atom stereocenters. The summed E-state index contributed by atoms with van der Waals surface area (Å²) in [6.45, 7) is 0.914. The Hall–Kier alpha value is -2.18. The summed E-state index contributed by atoms with van der Waals surface area (Å²) in [5.74, 6) is 1.31. The molecule has 1 aromatic heterocycles. The summed E-state index contributed by atoms with van der Waals surface area (Å²) in [6.07, 6.45) is 0.922. The standard InChI is InChI=1S/C15H19N3O3/c1-20-12-5-6-15(21-2)13(8-12)14(19)10-16-9-11-4-3-7-17-18-11/h3-8,14,16,19H,9-10H2,1-2H3. The van der Waals surface area contributed by atoms with Gasteiger partial charge in [-0.05, 0) is 30.3 Å². The van der Waals surface area contributed by atoms with Gasteiger partial charge < -0.3 is 19.9 Å². The first kappa shape index (κ1) is 15.2. The Morgan fingerprint density at radius 2 is 2.10 bits per heavy atom. The summed E-state index contributed by atoms with van der Waals surface area (Å²) in [6, 6.07) is 9.04. The lowest BCUT2D eigenvalue weighted by molar-refractivity contribution is 0.169. The number of aliphatic hydroxyl groups is 1. The van der Waals surface area contributed by atoms with Crippen molar-refractivity contribution in [3.05, 3.63) is 47.8 Å². The van der Waals surface area contributed by atoms with Crippen LogP contribution in [0.15, 0.2) is 36.5 Å². The van der Waals surface area contributed by atoms with E-state index in [-0.39, 0.29) is 0 Å². The first-order valence-corrected chi connectivity index (χ1v) is 6.62. The van der Waals surface area contributed by atoms with E-state index in [1.54, 1.807) is 38.6 Å². The van der Waals surface area contributed by atoms with Crippen molar-refractivity contribution in [2.75, 3.05) is 20.8 Å². The number of aliphatic hydroxyl groups excluding tert-OH is 1. The van der Waals surface area contributed by atoms with Crippen LogP contribution in [-0.4, -0.2) is 36.1 Å². The lowest BCUT2D eigenvalue weighted by atomic mass is 10.1. The van der Waals surface area contributed by atoms with E-state index >= 15 is 0 Å². The van der Waals surface area contributed by atoms with E-state index in [1.165, 1.54) is 0 Å². The summed E-state index contributed by atoms with van der Waals surface area (Å²) in [5, 5.41) is 21.2. The maximum atomic E-state index is 10.3. The van der Waals surface area contributed by atoms with Crippen LogP contribution in [-0.2, 0) is 6.54 Å². The largest absolute Gasteiger partial charge is 0.497 e. The second-order valence-electron chi connectivity index (χ2n) is 4.47. The van der Waals surface area contributed by atoms with Crippen LogP contribution in [0, 0.1) is 0 Å². The summed E-state index contributed by atoms with van der Waals surface area (Å²) in [4.78, 5) is 0. The molecule has 0 aliphatic heterocycles. The molecule has 21 heavy (non-hydrogen) atoms. The summed E-state index contributed by atoms with van der Waals surface area (Å²) in [7, 11) is 3.16. The first-order valence-electron chi connectivity index (χ1n) is 6.62. The monoisotopic (exact) mass is 289 g/mol. The number of rotatable bonds is 7. The molecule has 0 bridgehead atoms. The normalized spacial score (nSPS) is 12.0. The molecule has 0 spiro atoms. The molecule has 2 N–H and O–H groups in total. The highest BCUT2D eigenvalue weighted by Crippen LogP contribution is 2.29. The Morgan fingerprint density at radius 1 is 1.24 bits per heavy atom. The number of aromatic nitrogens is 2. The van der Waals surface area contributed by atoms with Gasteiger partial charge in [-0.3, -0.25) is 0 Å². The lowest BCUT2D eigenvalue weighted by Crippen LogP contribution is -2.22. The Bertz CT molecular complexity index is 563. The molecular weight excluding hydrogens is 270 g/mol. The average Bonchev–Trinajstić information content (AvgIpc) is 2.55. The van der Waals surface area contributed by atoms with Crippen molar-refractivity contribution >= 4 is 0 Å². The molecule has 1 heterocycles. The number of hydrogen-bond donors (Lipinski definition) is 2. The lowest BCUT2D eigenvalue weighted by Gasteiger charge is -2.16. The predicted octanol–water partition coefficient (Wildman–Crippen LogP) is 1.32. The molecule has 0 saturated heterocycles. The van der Waals surface area contributed by atoms with Crippen LogP contribution in [0.1, 0.15) is 17.4 Å². The minimum absolute atomic E-state index is 0.375. The van der Waals surface area contributed by atoms with Gasteiger partial charge in [0.15, 0.2) is 0 Å². The minimum Gasteiger partial charge on any atom is -0.497 e. The smallest absolute Gasteiger partial charge is 0.124 e. The number of nitrogens with zero attached hydrogens (tertiary/aromatic N) is 2. The van der Waals surface area contributed by atoms with Crippen molar-refractivity contribution in [1.29, 1.82) is 0 Å². The van der Waals surface area contributed by atoms with Gasteiger partial charge >= 0.3 is 0 Å². The average molecular weight is 289 g/mol. The SMILES string of the molecule is COc1ccc(OC)c(C(O)CNCc2cccnn2)c1. The number of nitrogens with one attached hydrogen (secondary N) is 1. The molecular formula is C15H19N3O3. The van der Waals surface area contributed by atoms with Gasteiger partial charge in [-0.1, -0.05) is 0 Å². The molecule has 2 rings (SSSR count). The fourth-order valence-electron chi connectivity index (χ4n) is 1.97. The van der Waals surface area contributed by atoms with Gasteiger partial charge in [0.2, 0.25) is 0 Å². The molecule has 0 saturated carbocycles. The van der Waals surface area contributed by atoms with Crippen LogP contribution in [0.25, 0.3) is 0 Å². The summed E-state index contributed by atoms with van der Waals surface area (Å²) in [5.41, 5.74) is 1.51. The molecule has 0 fully saturated rings. The molecule has 6 nitrogen and oxygen atoms in total. The number of benzene rings is 1. The second kappa shape index (κ2) is 7.56. The predicted molar refractivity (Wildman–Crippen MR) is 78.2 cm³/mol. The fourth-order valence-corrected chi connectivity index (χ4v) is 1.97. The Kier molecular flexibility index (Phi) is 5.48. The summed E-state index contributed by atoms with van der Waals surface area (Å²) >= 11 is 0. The molecule has 0 amide bonds. The van der Waals surface area contributed by atoms with Crippen LogP contribution >= 0.6 is 0 Å². The van der Waals surface area contributed by atoms with Crippen molar-refractivity contribution in [3.8, 4) is 11.5 Å². The van der Waals surface area contributed by atoms with Crippen molar-refractivity contribution in [1.82, 2.24) is 15.5 Å². The van der Waals surface area contributed by atoms with Crippen LogP contribution in [0.2, 0.25) is 0 Å². The van der Waals surface area contributed by atoms with Crippen LogP contribution in [0.3, 0.4) is 0 Å². The van der Waals surface area contributed by atoms with Gasteiger partial charge in [-0.15, -0.1) is 0 Å².